The number of amides is 6. The van der Waals surface area contributed by atoms with Crippen molar-refractivity contribution in [3.63, 3.8) is 0 Å². The van der Waals surface area contributed by atoms with Gasteiger partial charge < -0.3 is 20.0 Å². The van der Waals surface area contributed by atoms with E-state index >= 15 is 0 Å². The number of carbonyl (C=O) groups excluding carboxylic acids is 4. The van der Waals surface area contributed by atoms with Crippen LogP contribution in [0.4, 0.5) is 9.59 Å². The molecule has 0 aliphatic carbocycles. The van der Waals surface area contributed by atoms with Gasteiger partial charge in [0.1, 0.15) is 0 Å². The predicted molar refractivity (Wildman–Crippen MR) is 65.5 cm³/mol. The molecule has 23 heavy (non-hydrogen) atoms. The Hall–Kier alpha value is -2.44. The molecule has 0 saturated carbocycles. The Kier molecular flexibility index (Phi) is 6.89. The number of carbonyl (C=O) groups is 6. The van der Waals surface area contributed by atoms with Gasteiger partial charge in [0.25, 0.3) is 11.8 Å². The maximum atomic E-state index is 10.7. The van der Waals surface area contributed by atoms with Gasteiger partial charge in [0.05, 0.1) is 0 Å². The summed E-state index contributed by atoms with van der Waals surface area (Å²) in [5.74, 6) is -4.22. The summed E-state index contributed by atoms with van der Waals surface area (Å²) in [6, 6.07) is -4.10. The largest absolute Gasteiger partial charge is 0.479 e. The number of carboxylic acids is 2. The van der Waals surface area contributed by atoms with E-state index in [-0.39, 0.29) is 22.4 Å². The van der Waals surface area contributed by atoms with Crippen molar-refractivity contribution in [1.82, 2.24) is 20.4 Å². The van der Waals surface area contributed by atoms with Crippen LogP contribution in [0.3, 0.4) is 0 Å². The van der Waals surface area contributed by atoms with E-state index in [1.165, 1.54) is 14.1 Å². The van der Waals surface area contributed by atoms with Crippen molar-refractivity contribution >= 4 is 35.8 Å². The molecule has 13 heteroatoms. The first-order chi connectivity index (χ1) is 10.1. The molecule has 0 spiro atoms. The first-order valence-electron chi connectivity index (χ1n) is 5.68. The Morgan fingerprint density at radius 3 is 1.17 bits per heavy atom. The SMILES string of the molecule is CN1C(=O)NC(=O)C1C(=O)O.CN1C(=O)NC(=O)C1C(=O)O.[Au]. The monoisotopic (exact) mass is 513 g/mol. The van der Waals surface area contributed by atoms with E-state index < -0.39 is 47.9 Å². The molecular weight excluding hydrogens is 501 g/mol. The van der Waals surface area contributed by atoms with Gasteiger partial charge in [0, 0.05) is 36.5 Å². The molecule has 6 amide bonds. The Morgan fingerprint density at radius 2 is 1.09 bits per heavy atom. The van der Waals surface area contributed by atoms with Crippen LogP contribution in [0.25, 0.3) is 0 Å². The topological polar surface area (TPSA) is 173 Å². The normalized spacial score (nSPS) is 22.7. The van der Waals surface area contributed by atoms with Crippen molar-refractivity contribution in [2.75, 3.05) is 14.1 Å². The molecule has 2 atom stereocenters. The average Bonchev–Trinajstić information content (AvgIpc) is 2.77. The maximum Gasteiger partial charge on any atom is 0.336 e. The van der Waals surface area contributed by atoms with Crippen LogP contribution in [0, 0.1) is 0 Å². The van der Waals surface area contributed by atoms with Gasteiger partial charge in [-0.1, -0.05) is 0 Å². The van der Waals surface area contributed by atoms with Crippen LogP contribution in [-0.2, 0) is 41.6 Å². The van der Waals surface area contributed by atoms with E-state index in [4.69, 9.17) is 10.2 Å². The van der Waals surface area contributed by atoms with Crippen molar-refractivity contribution in [3.05, 3.63) is 0 Å². The summed E-state index contributed by atoms with van der Waals surface area (Å²) in [5, 5.41) is 20.6. The van der Waals surface area contributed by atoms with Gasteiger partial charge in [-0.25, -0.2) is 19.2 Å². The maximum absolute atomic E-state index is 10.7. The molecule has 2 saturated heterocycles. The first kappa shape index (κ1) is 20.6. The molecule has 0 aromatic carbocycles. The minimum Gasteiger partial charge on any atom is -0.479 e. The van der Waals surface area contributed by atoms with Crippen LogP contribution in [0.1, 0.15) is 0 Å². The number of imide groups is 2. The molecule has 2 heterocycles. The quantitative estimate of drug-likeness (QED) is 0.175. The third-order valence-corrected chi connectivity index (χ3v) is 2.84. The molecule has 2 fully saturated rings. The van der Waals surface area contributed by atoms with E-state index in [0.717, 1.165) is 9.80 Å². The van der Waals surface area contributed by atoms with Crippen LogP contribution in [0.2, 0.25) is 0 Å². The second-order valence-corrected chi connectivity index (χ2v) is 4.29. The Balaban J connectivity index is 0.000000403. The summed E-state index contributed by atoms with van der Waals surface area (Å²) >= 11 is 0. The fourth-order valence-electron chi connectivity index (χ4n) is 1.67. The summed E-state index contributed by atoms with van der Waals surface area (Å²) in [6.45, 7) is 0. The minimum absolute atomic E-state index is 0. The van der Waals surface area contributed by atoms with Gasteiger partial charge in [0.15, 0.2) is 0 Å². The summed E-state index contributed by atoms with van der Waals surface area (Å²) in [6.07, 6.45) is 0. The molecule has 131 valence electrons. The zero-order valence-electron chi connectivity index (χ0n) is 11.7. The fraction of sp³-hybridized carbons (Fsp3) is 0.400. The molecule has 4 N–H and O–H groups in total. The molecule has 1 radical (unpaired) electrons. The Labute approximate surface area is 144 Å². The third kappa shape index (κ3) is 4.28. The van der Waals surface area contributed by atoms with E-state index in [9.17, 15) is 28.8 Å². The Bertz CT molecular complexity index is 529. The zero-order valence-corrected chi connectivity index (χ0v) is 13.9. The molecule has 12 nitrogen and oxygen atoms in total. The van der Waals surface area contributed by atoms with Crippen molar-refractivity contribution < 1.29 is 61.4 Å². The summed E-state index contributed by atoms with van der Waals surface area (Å²) in [7, 11) is 2.50. The first-order valence-corrected chi connectivity index (χ1v) is 5.68. The van der Waals surface area contributed by atoms with Crippen molar-refractivity contribution in [2.24, 2.45) is 0 Å². The third-order valence-electron chi connectivity index (χ3n) is 2.84. The summed E-state index contributed by atoms with van der Waals surface area (Å²) in [5.41, 5.74) is 0. The van der Waals surface area contributed by atoms with E-state index in [2.05, 4.69) is 0 Å². The van der Waals surface area contributed by atoms with Gasteiger partial charge in [-0.05, 0) is 0 Å². The van der Waals surface area contributed by atoms with Gasteiger partial charge in [-0.15, -0.1) is 0 Å². The van der Waals surface area contributed by atoms with E-state index in [1.54, 1.807) is 0 Å². The number of hydrogen-bond acceptors (Lipinski definition) is 6. The number of likely N-dealkylation sites (N-methyl/N-ethyl adjacent to an activating group) is 2. The number of carboxylic acid groups (broad SMARTS) is 2. The minimum atomic E-state index is -1.37. The van der Waals surface area contributed by atoms with E-state index in [1.807, 2.05) is 10.6 Å². The predicted octanol–water partition coefficient (Wildman–Crippen LogP) is -2.76. The van der Waals surface area contributed by atoms with Crippen LogP contribution >= 0.6 is 0 Å². The molecule has 2 aliphatic rings. The van der Waals surface area contributed by atoms with Gasteiger partial charge in [-0.2, -0.15) is 0 Å². The average molecular weight is 513 g/mol. The van der Waals surface area contributed by atoms with Gasteiger partial charge >= 0.3 is 24.0 Å². The molecular formula is C10H12AuN4O8. The number of nitrogens with one attached hydrogen (secondary N) is 2. The number of urea groups is 2. The number of hydrogen-bond donors (Lipinski definition) is 4. The zero-order chi connectivity index (χ0) is 17.2. The smallest absolute Gasteiger partial charge is 0.336 e. The van der Waals surface area contributed by atoms with Crippen LogP contribution < -0.4 is 10.6 Å². The van der Waals surface area contributed by atoms with Crippen LogP contribution in [0.15, 0.2) is 0 Å². The van der Waals surface area contributed by atoms with Crippen LogP contribution in [0.5, 0.6) is 0 Å². The van der Waals surface area contributed by atoms with Gasteiger partial charge in [0.2, 0.25) is 12.1 Å². The number of aliphatic carboxylic acids is 2. The van der Waals surface area contributed by atoms with Crippen molar-refractivity contribution in [2.45, 2.75) is 12.1 Å². The van der Waals surface area contributed by atoms with Gasteiger partial charge in [-0.3, -0.25) is 20.2 Å². The summed E-state index contributed by atoms with van der Waals surface area (Å²) < 4.78 is 0. The standard InChI is InChI=1S/2C5H6N2O4.Au/c2*1-7-2(4(9)10)3(8)6-5(7)11;/h2*2H,1H3,(H,9,10)(H,6,8,11);. The number of nitrogens with zero attached hydrogens (tertiary/aromatic N) is 2. The van der Waals surface area contributed by atoms with Crippen LogP contribution in [-0.4, -0.2) is 82.0 Å². The molecule has 0 bridgehead atoms. The summed E-state index contributed by atoms with van der Waals surface area (Å²) in [4.78, 5) is 64.9. The molecule has 0 aromatic rings. The number of rotatable bonds is 2. The molecule has 2 unspecified atom stereocenters. The Morgan fingerprint density at radius 1 is 0.826 bits per heavy atom. The fourth-order valence-corrected chi connectivity index (χ4v) is 1.67. The van der Waals surface area contributed by atoms with E-state index in [0.29, 0.717) is 0 Å². The molecule has 2 aliphatic heterocycles. The van der Waals surface area contributed by atoms with Crippen molar-refractivity contribution in [1.29, 1.82) is 0 Å². The molecule has 2 rings (SSSR count). The molecule has 0 aromatic heterocycles. The second kappa shape index (κ2) is 7.71. The van der Waals surface area contributed by atoms with Crippen molar-refractivity contribution in [3.8, 4) is 0 Å². The second-order valence-electron chi connectivity index (χ2n) is 4.29.